The number of aromatic nitrogens is 3. The van der Waals surface area contributed by atoms with E-state index in [1.807, 2.05) is 23.0 Å². The largest absolute Gasteiger partial charge is 0.395 e. The van der Waals surface area contributed by atoms with E-state index in [0.717, 1.165) is 54.5 Å². The highest BCUT2D eigenvalue weighted by Crippen LogP contribution is 2.35. The minimum atomic E-state index is 0.127. The summed E-state index contributed by atoms with van der Waals surface area (Å²) in [5, 5.41) is 17.2. The van der Waals surface area contributed by atoms with Gasteiger partial charge in [0.1, 0.15) is 0 Å². The van der Waals surface area contributed by atoms with Crippen LogP contribution in [0, 0.1) is 0 Å². The molecular formula is C25H29N5O3S. The van der Waals surface area contributed by atoms with Gasteiger partial charge in [-0.1, -0.05) is 18.2 Å². The van der Waals surface area contributed by atoms with Crippen molar-refractivity contribution in [1.82, 2.24) is 20.1 Å². The third-order valence-corrected chi connectivity index (χ3v) is 6.94. The minimum Gasteiger partial charge on any atom is -0.395 e. The summed E-state index contributed by atoms with van der Waals surface area (Å²) in [5.74, 6) is 0.793. The van der Waals surface area contributed by atoms with Crippen LogP contribution in [0.3, 0.4) is 0 Å². The van der Waals surface area contributed by atoms with E-state index in [-0.39, 0.29) is 6.61 Å². The van der Waals surface area contributed by atoms with Crippen LogP contribution in [-0.2, 0) is 22.6 Å². The second-order valence-electron chi connectivity index (χ2n) is 8.21. The average molecular weight is 480 g/mol. The molecule has 178 valence electrons. The fraction of sp³-hybridized carbons (Fsp3) is 0.360. The van der Waals surface area contributed by atoms with Crippen molar-refractivity contribution in [1.29, 1.82) is 0 Å². The smallest absolute Gasteiger partial charge is 0.156 e. The van der Waals surface area contributed by atoms with E-state index in [9.17, 15) is 0 Å². The van der Waals surface area contributed by atoms with Crippen molar-refractivity contribution in [2.24, 2.45) is 0 Å². The summed E-state index contributed by atoms with van der Waals surface area (Å²) in [6, 6.07) is 14.5. The molecule has 0 atom stereocenters. The maximum absolute atomic E-state index is 9.08. The third kappa shape index (κ3) is 4.98. The van der Waals surface area contributed by atoms with E-state index in [0.29, 0.717) is 19.7 Å². The molecule has 34 heavy (non-hydrogen) atoms. The fourth-order valence-corrected chi connectivity index (χ4v) is 5.28. The van der Waals surface area contributed by atoms with Gasteiger partial charge in [0.2, 0.25) is 0 Å². The average Bonchev–Trinajstić information content (AvgIpc) is 3.52. The number of aliphatic hydroxyl groups is 1. The lowest BCUT2D eigenvalue weighted by Crippen LogP contribution is -2.36. The normalized spacial score (nSPS) is 14.2. The molecule has 0 aliphatic carbocycles. The van der Waals surface area contributed by atoms with Gasteiger partial charge >= 0.3 is 0 Å². The van der Waals surface area contributed by atoms with Crippen molar-refractivity contribution in [3.63, 3.8) is 0 Å². The first-order valence-electron chi connectivity index (χ1n) is 11.5. The topological polar surface area (TPSA) is 84.7 Å². The standard InChI is InChI=1S/C25H29N5O3S/c1-32-17-18-3-2-4-19(13-18)21-5-7-30(28-21)24-15-23(29-8-11-33-12-9-29)25-22(27-24)14-20(34-25)16-26-6-10-31/h2-5,7,13-15,26,31H,6,8-12,16-17H2,1H3. The van der Waals surface area contributed by atoms with Gasteiger partial charge in [0.05, 0.1) is 48.0 Å². The number of morpholine rings is 1. The summed E-state index contributed by atoms with van der Waals surface area (Å²) in [6.07, 6.45) is 1.96. The lowest BCUT2D eigenvalue weighted by molar-refractivity contribution is 0.123. The molecule has 0 bridgehead atoms. The van der Waals surface area contributed by atoms with Crippen molar-refractivity contribution < 1.29 is 14.6 Å². The lowest BCUT2D eigenvalue weighted by atomic mass is 10.1. The number of fused-ring (bicyclic) bond motifs is 1. The Labute approximate surface area is 202 Å². The molecule has 9 heteroatoms. The highest BCUT2D eigenvalue weighted by atomic mass is 32.1. The second-order valence-corrected chi connectivity index (χ2v) is 9.34. The Morgan fingerprint density at radius 2 is 2.06 bits per heavy atom. The highest BCUT2D eigenvalue weighted by molar-refractivity contribution is 7.19. The first-order valence-corrected chi connectivity index (χ1v) is 12.3. The molecule has 0 radical (unpaired) electrons. The Kier molecular flexibility index (Phi) is 7.17. The van der Waals surface area contributed by atoms with Gasteiger partial charge in [-0.3, -0.25) is 0 Å². The van der Waals surface area contributed by atoms with Crippen molar-refractivity contribution in [3.05, 3.63) is 59.1 Å². The van der Waals surface area contributed by atoms with Gasteiger partial charge in [-0.05, 0) is 23.8 Å². The van der Waals surface area contributed by atoms with Crippen LogP contribution in [0.5, 0.6) is 0 Å². The molecule has 1 aliphatic heterocycles. The van der Waals surface area contributed by atoms with Crippen LogP contribution < -0.4 is 10.2 Å². The number of hydrogen-bond donors (Lipinski definition) is 2. The van der Waals surface area contributed by atoms with Crippen LogP contribution in [0.1, 0.15) is 10.4 Å². The SMILES string of the molecule is COCc1cccc(-c2ccn(-c3cc(N4CCOCC4)c4sc(CNCCO)cc4n3)n2)c1. The molecule has 1 aromatic carbocycles. The number of hydrogen-bond acceptors (Lipinski definition) is 8. The zero-order chi connectivity index (χ0) is 23.3. The van der Waals surface area contributed by atoms with Gasteiger partial charge in [0, 0.05) is 56.0 Å². The summed E-state index contributed by atoms with van der Waals surface area (Å²) in [5.41, 5.74) is 5.19. The molecule has 3 aromatic heterocycles. The van der Waals surface area contributed by atoms with Crippen LogP contribution in [-0.4, -0.2) is 66.4 Å². The molecule has 2 N–H and O–H groups in total. The molecule has 1 fully saturated rings. The molecule has 4 heterocycles. The van der Waals surface area contributed by atoms with E-state index in [1.165, 1.54) is 15.3 Å². The summed E-state index contributed by atoms with van der Waals surface area (Å²) in [6.45, 7) is 5.13. The highest BCUT2D eigenvalue weighted by Gasteiger charge is 2.19. The first-order chi connectivity index (χ1) is 16.7. The Bertz CT molecular complexity index is 1250. The van der Waals surface area contributed by atoms with Gasteiger partial charge in [0.15, 0.2) is 5.82 Å². The first kappa shape index (κ1) is 22.9. The molecule has 0 saturated carbocycles. The number of benzene rings is 1. The Morgan fingerprint density at radius 1 is 1.18 bits per heavy atom. The Hall–Kier alpha value is -2.82. The maximum atomic E-state index is 9.08. The summed E-state index contributed by atoms with van der Waals surface area (Å²) >= 11 is 1.75. The van der Waals surface area contributed by atoms with Crippen molar-refractivity contribution in [2.45, 2.75) is 13.2 Å². The molecule has 0 unspecified atom stereocenters. The fourth-order valence-electron chi connectivity index (χ4n) is 4.17. The third-order valence-electron chi connectivity index (χ3n) is 5.79. The van der Waals surface area contributed by atoms with E-state index in [1.54, 1.807) is 18.4 Å². The zero-order valence-electron chi connectivity index (χ0n) is 19.2. The number of thiophene rings is 1. The number of aliphatic hydroxyl groups excluding tert-OH is 1. The molecule has 5 rings (SSSR count). The molecule has 1 aliphatic rings. The number of anilines is 1. The second kappa shape index (κ2) is 10.6. The zero-order valence-corrected chi connectivity index (χ0v) is 20.1. The molecule has 8 nitrogen and oxygen atoms in total. The number of nitrogens with one attached hydrogen (secondary N) is 1. The van der Waals surface area contributed by atoms with Gasteiger partial charge < -0.3 is 24.8 Å². The van der Waals surface area contributed by atoms with Crippen LogP contribution in [0.2, 0.25) is 0 Å². The number of methoxy groups -OCH3 is 1. The van der Waals surface area contributed by atoms with Gasteiger partial charge in [-0.2, -0.15) is 5.10 Å². The lowest BCUT2D eigenvalue weighted by Gasteiger charge is -2.29. The predicted octanol–water partition coefficient (Wildman–Crippen LogP) is 3.21. The molecule has 1 saturated heterocycles. The van der Waals surface area contributed by atoms with Crippen LogP contribution in [0.4, 0.5) is 5.69 Å². The quantitative estimate of drug-likeness (QED) is 0.357. The van der Waals surface area contributed by atoms with Crippen molar-refractivity contribution in [2.75, 3.05) is 51.5 Å². The van der Waals surface area contributed by atoms with E-state index in [4.69, 9.17) is 24.7 Å². The number of nitrogens with zero attached hydrogens (tertiary/aromatic N) is 4. The summed E-state index contributed by atoms with van der Waals surface area (Å²) in [4.78, 5) is 8.53. The molecule has 4 aromatic rings. The van der Waals surface area contributed by atoms with Crippen LogP contribution in [0.15, 0.2) is 48.7 Å². The maximum Gasteiger partial charge on any atom is 0.156 e. The number of ether oxygens (including phenoxy) is 2. The molecular weight excluding hydrogens is 450 g/mol. The minimum absolute atomic E-state index is 0.127. The summed E-state index contributed by atoms with van der Waals surface area (Å²) in [7, 11) is 1.70. The van der Waals surface area contributed by atoms with E-state index < -0.39 is 0 Å². The van der Waals surface area contributed by atoms with E-state index in [2.05, 4.69) is 40.5 Å². The Morgan fingerprint density at radius 3 is 2.88 bits per heavy atom. The van der Waals surface area contributed by atoms with E-state index >= 15 is 0 Å². The Balaban J connectivity index is 1.51. The number of rotatable bonds is 9. The van der Waals surface area contributed by atoms with Gasteiger partial charge in [-0.15, -0.1) is 11.3 Å². The predicted molar refractivity (Wildman–Crippen MR) is 135 cm³/mol. The number of pyridine rings is 1. The van der Waals surface area contributed by atoms with Crippen LogP contribution >= 0.6 is 11.3 Å². The van der Waals surface area contributed by atoms with Crippen molar-refractivity contribution >= 4 is 27.2 Å². The van der Waals surface area contributed by atoms with Gasteiger partial charge in [-0.25, -0.2) is 9.67 Å². The monoisotopic (exact) mass is 479 g/mol. The van der Waals surface area contributed by atoms with Crippen molar-refractivity contribution in [3.8, 4) is 17.1 Å². The molecule has 0 amide bonds. The van der Waals surface area contributed by atoms with Gasteiger partial charge in [0.25, 0.3) is 0 Å². The molecule has 0 spiro atoms. The van der Waals surface area contributed by atoms with Crippen LogP contribution in [0.25, 0.3) is 27.3 Å². The summed E-state index contributed by atoms with van der Waals surface area (Å²) < 4.78 is 13.9.